The quantitative estimate of drug-likeness (QED) is 0.0487. The van der Waals surface area contributed by atoms with Gasteiger partial charge in [-0.2, -0.15) is 0 Å². The summed E-state index contributed by atoms with van der Waals surface area (Å²) in [4.78, 5) is 2.10. The fraction of sp³-hybridized carbons (Fsp3) is 0.250. The van der Waals surface area contributed by atoms with Crippen molar-refractivity contribution >= 4 is 16.5 Å². The number of hydrogen-bond donors (Lipinski definition) is 5. The number of nitrogens with zero attached hydrogens (tertiary/aromatic N) is 2. The number of hydrogen-bond acceptors (Lipinski definition) is 7. The molecule has 0 fully saturated rings. The molecule has 0 saturated carbocycles. The van der Waals surface area contributed by atoms with Crippen LogP contribution in [0.2, 0.25) is 0 Å². The number of aryl methyl sites for hydroxylation is 1. The van der Waals surface area contributed by atoms with E-state index >= 15 is 0 Å². The summed E-state index contributed by atoms with van der Waals surface area (Å²) in [6, 6.07) is 21.5. The Morgan fingerprint density at radius 3 is 2.30 bits per heavy atom. The first kappa shape index (κ1) is 40.0. The third-order valence-corrected chi connectivity index (χ3v) is 6.97. The van der Waals surface area contributed by atoms with Gasteiger partial charge in [-0.05, 0) is 98.1 Å². The van der Waals surface area contributed by atoms with Crippen LogP contribution in [0.5, 0.6) is 0 Å². The van der Waals surface area contributed by atoms with E-state index in [1.54, 1.807) is 18.5 Å². The van der Waals surface area contributed by atoms with Crippen LogP contribution >= 0.6 is 0 Å². The average molecular weight is 636 g/mol. The highest BCUT2D eigenvalue weighted by molar-refractivity contribution is 5.88. The van der Waals surface area contributed by atoms with E-state index in [1.165, 1.54) is 39.2 Å². The van der Waals surface area contributed by atoms with Gasteiger partial charge in [0, 0.05) is 37.9 Å². The molecule has 3 aromatic rings. The van der Waals surface area contributed by atoms with Crippen molar-refractivity contribution in [2.45, 2.75) is 32.7 Å². The molecule has 0 unspecified atom stereocenters. The maximum Gasteiger partial charge on any atom is 0.0594 e. The minimum absolute atomic E-state index is 0.614. The Labute approximate surface area is 284 Å². The fourth-order valence-electron chi connectivity index (χ4n) is 4.82. The number of anilines is 1. The first-order chi connectivity index (χ1) is 22.7. The molecule has 0 spiro atoms. The molecule has 3 rings (SSSR count). The van der Waals surface area contributed by atoms with Gasteiger partial charge in [0.2, 0.25) is 0 Å². The lowest BCUT2D eigenvalue weighted by Gasteiger charge is -2.27. The minimum Gasteiger partial charge on any atom is -0.405 e. The van der Waals surface area contributed by atoms with E-state index in [-0.39, 0.29) is 0 Å². The van der Waals surface area contributed by atoms with Gasteiger partial charge in [-0.25, -0.2) is 5.84 Å². The zero-order valence-electron chi connectivity index (χ0n) is 29.0. The predicted octanol–water partition coefficient (Wildman–Crippen LogP) is 7.28. The molecule has 0 heterocycles. The molecule has 47 heavy (non-hydrogen) atoms. The normalized spacial score (nSPS) is 11.4. The summed E-state index contributed by atoms with van der Waals surface area (Å²) in [6.45, 7) is 15.0. The molecule has 0 aliphatic rings. The number of hydrazine groups is 1. The van der Waals surface area contributed by atoms with E-state index in [2.05, 4.69) is 121 Å². The van der Waals surface area contributed by atoms with Crippen molar-refractivity contribution in [2.24, 2.45) is 17.3 Å². The first-order valence-electron chi connectivity index (χ1n) is 15.8. The highest BCUT2D eigenvalue weighted by Crippen LogP contribution is 2.26. The van der Waals surface area contributed by atoms with Crippen LogP contribution in [0.4, 0.5) is 5.69 Å². The van der Waals surface area contributed by atoms with Crippen LogP contribution in [-0.4, -0.2) is 44.1 Å². The molecular weight excluding hydrogens is 578 g/mol. The van der Waals surface area contributed by atoms with Gasteiger partial charge in [0.05, 0.1) is 6.54 Å². The van der Waals surface area contributed by atoms with E-state index in [4.69, 9.17) is 11.6 Å². The highest BCUT2D eigenvalue weighted by atomic mass is 15.4. The lowest BCUT2D eigenvalue weighted by molar-refractivity contribution is 0.333. The van der Waals surface area contributed by atoms with Crippen LogP contribution < -0.4 is 27.9 Å². The van der Waals surface area contributed by atoms with Crippen molar-refractivity contribution in [1.29, 1.82) is 0 Å². The summed E-state index contributed by atoms with van der Waals surface area (Å²) in [6.07, 6.45) is 18.7. The van der Waals surface area contributed by atoms with Gasteiger partial charge in [-0.1, -0.05) is 104 Å². The Balaban J connectivity index is 0.000000865. The van der Waals surface area contributed by atoms with Gasteiger partial charge in [0.25, 0.3) is 0 Å². The number of fused-ring (bicyclic) bond motifs is 1. The Hall–Kier alpha value is -4.98. The number of nitrogens with two attached hydrogens (primary N) is 3. The standard InChI is InChI=1S/C31H39N5.C7H13N.C2H5N/c1-4-35-19-17-31(27(12-6-5-7-18-32)21-25-11-8-10-24(2)20-25)36(33)23-28-14-9-13-26-22-29(34-3)15-16-30(26)28;1-4-5-6-7-8(2)3;1-2-3/h4-11,13-16,18,20,22,34-35H,1,12,17,19,21,23,32-33H2,2-3H3;4-6H,1,7H2,2-3H3;2H,1,3H2/b6-5+,18-7-,31-27-;6-5+;. The molecule has 0 radical (unpaired) electrons. The van der Waals surface area contributed by atoms with Gasteiger partial charge < -0.3 is 32.0 Å². The third kappa shape index (κ3) is 16.2. The fourth-order valence-corrected chi connectivity index (χ4v) is 4.82. The molecule has 3 aromatic carbocycles. The molecule has 7 nitrogen and oxygen atoms in total. The summed E-state index contributed by atoms with van der Waals surface area (Å²) in [5.41, 5.74) is 17.4. The zero-order valence-corrected chi connectivity index (χ0v) is 29.0. The van der Waals surface area contributed by atoms with Crippen molar-refractivity contribution < 1.29 is 0 Å². The second kappa shape index (κ2) is 24.3. The van der Waals surface area contributed by atoms with Crippen LogP contribution in [0.3, 0.4) is 0 Å². The van der Waals surface area contributed by atoms with Gasteiger partial charge in [-0.15, -0.1) is 0 Å². The number of nitrogens with one attached hydrogen (secondary N) is 2. The SMILES string of the molecule is C=C/C=C/CN(C)C.C=CN.C=CNCC/C(=C(\C/C=C/C=C\N)Cc1cccc(C)c1)N(N)Cc1cccc2cc(NC)ccc12. The first-order valence-corrected chi connectivity index (χ1v) is 15.8. The monoisotopic (exact) mass is 635 g/mol. The summed E-state index contributed by atoms with van der Waals surface area (Å²) >= 11 is 0. The molecular formula is C40H57N7. The zero-order chi connectivity index (χ0) is 34.9. The van der Waals surface area contributed by atoms with E-state index in [1.807, 2.05) is 44.4 Å². The van der Waals surface area contributed by atoms with Crippen LogP contribution in [-0.2, 0) is 13.0 Å². The van der Waals surface area contributed by atoms with Crippen molar-refractivity contribution in [1.82, 2.24) is 15.2 Å². The van der Waals surface area contributed by atoms with Gasteiger partial charge in [0.15, 0.2) is 0 Å². The molecule has 0 aromatic heterocycles. The summed E-state index contributed by atoms with van der Waals surface area (Å²) in [5.74, 6) is 6.85. The second-order valence-electron chi connectivity index (χ2n) is 11.0. The van der Waals surface area contributed by atoms with Crippen LogP contribution in [0.15, 0.2) is 147 Å². The third-order valence-electron chi connectivity index (χ3n) is 6.97. The smallest absolute Gasteiger partial charge is 0.0594 e. The van der Waals surface area contributed by atoms with Gasteiger partial charge in [0.1, 0.15) is 0 Å². The van der Waals surface area contributed by atoms with Gasteiger partial charge in [-0.3, -0.25) is 0 Å². The maximum absolute atomic E-state index is 6.85. The predicted molar refractivity (Wildman–Crippen MR) is 207 cm³/mol. The molecule has 252 valence electrons. The average Bonchev–Trinajstić information content (AvgIpc) is 3.05. The molecule has 0 aliphatic heterocycles. The molecule has 8 N–H and O–H groups in total. The Morgan fingerprint density at radius 1 is 0.915 bits per heavy atom. The lowest BCUT2D eigenvalue weighted by atomic mass is 9.97. The van der Waals surface area contributed by atoms with Crippen molar-refractivity contribution in [3.63, 3.8) is 0 Å². The number of rotatable bonds is 16. The second-order valence-corrected chi connectivity index (χ2v) is 11.0. The Morgan fingerprint density at radius 2 is 1.66 bits per heavy atom. The highest BCUT2D eigenvalue weighted by Gasteiger charge is 2.15. The van der Waals surface area contributed by atoms with Gasteiger partial charge >= 0.3 is 0 Å². The molecule has 0 aliphatic carbocycles. The summed E-state index contributed by atoms with van der Waals surface area (Å²) in [7, 11) is 6.01. The largest absolute Gasteiger partial charge is 0.405 e. The molecule has 0 amide bonds. The van der Waals surface area contributed by atoms with Crippen molar-refractivity contribution in [2.75, 3.05) is 39.5 Å². The number of benzene rings is 3. The topological polar surface area (TPSA) is 109 Å². The Bertz CT molecular complexity index is 1480. The summed E-state index contributed by atoms with van der Waals surface area (Å²) in [5, 5.41) is 10.8. The minimum atomic E-state index is 0.614. The van der Waals surface area contributed by atoms with Crippen molar-refractivity contribution in [3.8, 4) is 0 Å². The lowest BCUT2D eigenvalue weighted by Crippen LogP contribution is -2.32. The Kier molecular flexibility index (Phi) is 20.7. The molecule has 0 saturated heterocycles. The van der Waals surface area contributed by atoms with E-state index in [0.29, 0.717) is 6.54 Å². The van der Waals surface area contributed by atoms with Crippen LogP contribution in [0, 0.1) is 6.92 Å². The number of likely N-dealkylation sites (N-methyl/N-ethyl adjacent to an activating group) is 1. The molecule has 0 bridgehead atoms. The summed E-state index contributed by atoms with van der Waals surface area (Å²) < 4.78 is 0. The molecule has 7 heteroatoms. The number of allylic oxidation sites excluding steroid dienone is 6. The maximum atomic E-state index is 6.85. The van der Waals surface area contributed by atoms with Crippen LogP contribution in [0.1, 0.15) is 29.5 Å². The molecule has 0 atom stereocenters. The van der Waals surface area contributed by atoms with Crippen molar-refractivity contribution in [3.05, 3.63) is 163 Å². The van der Waals surface area contributed by atoms with E-state index in [9.17, 15) is 0 Å². The van der Waals surface area contributed by atoms with E-state index < -0.39 is 0 Å². The van der Waals surface area contributed by atoms with E-state index in [0.717, 1.165) is 43.7 Å². The van der Waals surface area contributed by atoms with Crippen LogP contribution in [0.25, 0.3) is 10.8 Å².